The lowest BCUT2D eigenvalue weighted by Gasteiger charge is -2.12. The van der Waals surface area contributed by atoms with Crippen LogP contribution in [0.25, 0.3) is 0 Å². The molecule has 0 saturated heterocycles. The Labute approximate surface area is 132 Å². The minimum absolute atomic E-state index is 0.00770. The zero-order valence-corrected chi connectivity index (χ0v) is 13.8. The molecule has 0 amide bonds. The molecule has 0 spiro atoms. The van der Waals surface area contributed by atoms with Crippen molar-refractivity contribution in [1.29, 1.82) is 0 Å². The monoisotopic (exact) mass is 409 g/mol. The summed E-state index contributed by atoms with van der Waals surface area (Å²) in [6, 6.07) is 4.15. The quantitative estimate of drug-likeness (QED) is 0.732. The summed E-state index contributed by atoms with van der Waals surface area (Å²) in [7, 11) is -3.64. The molecule has 7 heteroatoms. The van der Waals surface area contributed by atoms with Gasteiger partial charge in [-0.25, -0.2) is 17.9 Å². The molecule has 0 bridgehead atoms. The maximum absolute atomic E-state index is 12.2. The standard InChI is InChI=1S/C13H16INO4S/c14-12-6-5-10(7-11(12)13(16)17)20(18,19)15-8-9-3-1-2-4-9/h5-7,9,15H,1-4,8H2,(H,16,17). The predicted octanol–water partition coefficient (Wildman–Crippen LogP) is 2.46. The van der Waals surface area contributed by atoms with Crippen molar-refractivity contribution in [2.24, 2.45) is 5.92 Å². The van der Waals surface area contributed by atoms with E-state index in [1.165, 1.54) is 18.2 Å². The van der Waals surface area contributed by atoms with Crippen LogP contribution < -0.4 is 4.72 Å². The Balaban J connectivity index is 2.16. The van der Waals surface area contributed by atoms with Gasteiger partial charge in [0, 0.05) is 10.1 Å². The van der Waals surface area contributed by atoms with Gasteiger partial charge in [0.2, 0.25) is 10.0 Å². The molecule has 0 radical (unpaired) electrons. The van der Waals surface area contributed by atoms with E-state index >= 15 is 0 Å². The highest BCUT2D eigenvalue weighted by Crippen LogP contribution is 2.24. The van der Waals surface area contributed by atoms with Crippen molar-refractivity contribution in [3.8, 4) is 0 Å². The molecular formula is C13H16INO4S. The predicted molar refractivity (Wildman–Crippen MR) is 83.3 cm³/mol. The van der Waals surface area contributed by atoms with Crippen LogP contribution in [0.15, 0.2) is 23.1 Å². The van der Waals surface area contributed by atoms with Crippen molar-refractivity contribution in [2.75, 3.05) is 6.54 Å². The molecule has 1 fully saturated rings. The third-order valence-corrected chi connectivity index (χ3v) is 5.88. The SMILES string of the molecule is O=C(O)c1cc(S(=O)(=O)NCC2CCCC2)ccc1I. The van der Waals surface area contributed by atoms with Crippen molar-refractivity contribution < 1.29 is 18.3 Å². The number of sulfonamides is 1. The molecule has 1 saturated carbocycles. The maximum Gasteiger partial charge on any atom is 0.336 e. The summed E-state index contributed by atoms with van der Waals surface area (Å²) in [5.74, 6) is -0.727. The van der Waals surface area contributed by atoms with Crippen molar-refractivity contribution in [1.82, 2.24) is 4.72 Å². The number of hydrogen-bond donors (Lipinski definition) is 2. The Morgan fingerprint density at radius 2 is 2.00 bits per heavy atom. The van der Waals surface area contributed by atoms with Gasteiger partial charge in [-0.1, -0.05) is 12.8 Å². The lowest BCUT2D eigenvalue weighted by atomic mass is 10.1. The minimum Gasteiger partial charge on any atom is -0.478 e. The third kappa shape index (κ3) is 3.70. The van der Waals surface area contributed by atoms with E-state index in [2.05, 4.69) is 4.72 Å². The van der Waals surface area contributed by atoms with Crippen LogP contribution in [-0.2, 0) is 10.0 Å². The average Bonchev–Trinajstić information content (AvgIpc) is 2.89. The van der Waals surface area contributed by atoms with E-state index in [-0.39, 0.29) is 10.5 Å². The van der Waals surface area contributed by atoms with Crippen molar-refractivity contribution in [3.63, 3.8) is 0 Å². The van der Waals surface area contributed by atoms with Crippen LogP contribution in [0.4, 0.5) is 0 Å². The molecule has 2 N–H and O–H groups in total. The van der Waals surface area contributed by atoms with Gasteiger partial charge >= 0.3 is 5.97 Å². The number of rotatable bonds is 5. The lowest BCUT2D eigenvalue weighted by Crippen LogP contribution is -2.28. The first-order valence-electron chi connectivity index (χ1n) is 6.42. The second kappa shape index (κ2) is 6.40. The summed E-state index contributed by atoms with van der Waals surface area (Å²) < 4.78 is 27.4. The van der Waals surface area contributed by atoms with E-state index in [9.17, 15) is 13.2 Å². The van der Waals surface area contributed by atoms with Gasteiger partial charge in [-0.2, -0.15) is 0 Å². The number of carboxylic acids is 1. The van der Waals surface area contributed by atoms with Gasteiger partial charge in [-0.05, 0) is 59.5 Å². The summed E-state index contributed by atoms with van der Waals surface area (Å²) in [6.07, 6.45) is 4.41. The van der Waals surface area contributed by atoms with Crippen molar-refractivity contribution in [2.45, 2.75) is 30.6 Å². The van der Waals surface area contributed by atoms with E-state index in [4.69, 9.17) is 5.11 Å². The van der Waals surface area contributed by atoms with Crippen LogP contribution >= 0.6 is 22.6 Å². The zero-order chi connectivity index (χ0) is 14.8. The molecule has 1 aliphatic carbocycles. The second-order valence-electron chi connectivity index (χ2n) is 4.95. The van der Waals surface area contributed by atoms with Crippen LogP contribution in [0.1, 0.15) is 36.0 Å². The Hall–Kier alpha value is -0.670. The molecule has 1 aromatic rings. The summed E-state index contributed by atoms with van der Waals surface area (Å²) >= 11 is 1.88. The lowest BCUT2D eigenvalue weighted by molar-refractivity contribution is 0.0695. The number of halogens is 1. The van der Waals surface area contributed by atoms with Gasteiger partial charge in [0.1, 0.15) is 0 Å². The van der Waals surface area contributed by atoms with Gasteiger partial charge in [0.15, 0.2) is 0 Å². The van der Waals surface area contributed by atoms with Gasteiger partial charge in [0.25, 0.3) is 0 Å². The number of hydrogen-bond acceptors (Lipinski definition) is 3. The third-order valence-electron chi connectivity index (χ3n) is 3.52. The van der Waals surface area contributed by atoms with Gasteiger partial charge in [0.05, 0.1) is 10.5 Å². The van der Waals surface area contributed by atoms with Gasteiger partial charge in [-0.3, -0.25) is 0 Å². The molecule has 0 atom stereocenters. The Morgan fingerprint density at radius 1 is 1.35 bits per heavy atom. The summed E-state index contributed by atoms with van der Waals surface area (Å²) in [4.78, 5) is 11.1. The van der Waals surface area contributed by atoms with Gasteiger partial charge in [-0.15, -0.1) is 0 Å². The second-order valence-corrected chi connectivity index (χ2v) is 7.88. The fourth-order valence-electron chi connectivity index (χ4n) is 2.36. The molecule has 20 heavy (non-hydrogen) atoms. The number of carbonyl (C=O) groups is 1. The van der Waals surface area contributed by atoms with Crippen LogP contribution in [0.5, 0.6) is 0 Å². The number of benzene rings is 1. The van der Waals surface area contributed by atoms with Crippen LogP contribution in [0.3, 0.4) is 0 Å². The Bertz CT molecular complexity index is 609. The molecule has 0 heterocycles. The number of carboxylic acid groups (broad SMARTS) is 1. The van der Waals surface area contributed by atoms with E-state index in [1.807, 2.05) is 22.6 Å². The number of nitrogens with one attached hydrogen (secondary N) is 1. The molecule has 5 nitrogen and oxygen atoms in total. The van der Waals surface area contributed by atoms with Crippen LogP contribution in [0, 0.1) is 9.49 Å². The van der Waals surface area contributed by atoms with E-state index in [1.54, 1.807) is 0 Å². The van der Waals surface area contributed by atoms with E-state index < -0.39 is 16.0 Å². The first kappa shape index (κ1) is 15.7. The Kier molecular flexibility index (Phi) is 5.03. The summed E-state index contributed by atoms with van der Waals surface area (Å²) in [5.41, 5.74) is 0.00865. The largest absolute Gasteiger partial charge is 0.478 e. The average molecular weight is 409 g/mol. The van der Waals surface area contributed by atoms with Gasteiger partial charge < -0.3 is 5.11 Å². The molecule has 110 valence electrons. The molecular weight excluding hydrogens is 393 g/mol. The van der Waals surface area contributed by atoms with Crippen molar-refractivity contribution in [3.05, 3.63) is 27.3 Å². The first-order chi connectivity index (χ1) is 9.40. The highest BCUT2D eigenvalue weighted by Gasteiger charge is 2.21. The normalized spacial score (nSPS) is 16.4. The molecule has 1 aromatic carbocycles. The Morgan fingerprint density at radius 3 is 2.60 bits per heavy atom. The molecule has 0 aliphatic heterocycles. The zero-order valence-electron chi connectivity index (χ0n) is 10.8. The van der Waals surface area contributed by atoms with Crippen LogP contribution in [0.2, 0.25) is 0 Å². The molecule has 0 unspecified atom stereocenters. The number of aromatic carboxylic acids is 1. The smallest absolute Gasteiger partial charge is 0.336 e. The summed E-state index contributed by atoms with van der Waals surface area (Å²) in [6.45, 7) is 0.427. The fraction of sp³-hybridized carbons (Fsp3) is 0.462. The van der Waals surface area contributed by atoms with E-state index in [0.29, 0.717) is 16.0 Å². The topological polar surface area (TPSA) is 83.5 Å². The maximum atomic E-state index is 12.2. The highest BCUT2D eigenvalue weighted by atomic mass is 127. The first-order valence-corrected chi connectivity index (χ1v) is 8.99. The minimum atomic E-state index is -3.64. The molecule has 0 aromatic heterocycles. The molecule has 1 aliphatic rings. The van der Waals surface area contributed by atoms with Crippen molar-refractivity contribution >= 4 is 38.6 Å². The highest BCUT2D eigenvalue weighted by molar-refractivity contribution is 14.1. The molecule has 2 rings (SSSR count). The fourth-order valence-corrected chi connectivity index (χ4v) is 4.07. The summed E-state index contributed by atoms with van der Waals surface area (Å²) in [5, 5.41) is 9.04. The van der Waals surface area contributed by atoms with E-state index in [0.717, 1.165) is 25.7 Å². The van der Waals surface area contributed by atoms with Crippen LogP contribution in [-0.4, -0.2) is 26.0 Å².